The smallest absolute Gasteiger partial charge is 0.246 e. The van der Waals surface area contributed by atoms with Gasteiger partial charge in [0.15, 0.2) is 0 Å². The average Bonchev–Trinajstić information content (AvgIpc) is 3.73. The van der Waals surface area contributed by atoms with Gasteiger partial charge in [0.25, 0.3) is 0 Å². The Morgan fingerprint density at radius 2 is 1.26 bits per heavy atom. The van der Waals surface area contributed by atoms with Crippen molar-refractivity contribution < 1.29 is 48.9 Å². The van der Waals surface area contributed by atoms with Gasteiger partial charge in [-0.15, -0.1) is 0 Å². The van der Waals surface area contributed by atoms with Gasteiger partial charge in [0, 0.05) is 32.5 Å². The molecule has 1 heterocycles. The highest BCUT2D eigenvalue weighted by Crippen LogP contribution is 2.21. The van der Waals surface area contributed by atoms with E-state index < -0.39 is 90.8 Å². The monoisotopic (exact) mass is 858 g/mol. The van der Waals surface area contributed by atoms with E-state index in [4.69, 9.17) is 5.73 Å². The van der Waals surface area contributed by atoms with E-state index in [1.165, 1.54) is 43.1 Å². The molecule has 3 aromatic carbocycles. The van der Waals surface area contributed by atoms with E-state index in [9.17, 15) is 48.9 Å². The van der Waals surface area contributed by atoms with Gasteiger partial charge < -0.3 is 57.4 Å². The van der Waals surface area contributed by atoms with Gasteiger partial charge in [0.2, 0.25) is 41.4 Å². The van der Waals surface area contributed by atoms with E-state index in [-0.39, 0.29) is 49.8 Å². The maximum atomic E-state index is 14.2. The van der Waals surface area contributed by atoms with Crippen molar-refractivity contribution in [2.45, 2.75) is 95.2 Å². The predicted molar refractivity (Wildman–Crippen MR) is 228 cm³/mol. The predicted octanol–water partition coefficient (Wildman–Crippen LogP) is -0.622. The number of nitrogens with two attached hydrogens (primary N) is 1. The van der Waals surface area contributed by atoms with Crippen LogP contribution in [0, 0.1) is 0 Å². The first-order valence-corrected chi connectivity index (χ1v) is 20.5. The highest BCUT2D eigenvalue weighted by Gasteiger charge is 2.39. The van der Waals surface area contributed by atoms with Crippen molar-refractivity contribution in [3.8, 4) is 11.5 Å². The third-order valence-corrected chi connectivity index (χ3v) is 10.2. The summed E-state index contributed by atoms with van der Waals surface area (Å²) in [7, 11) is 1.37. The molecule has 18 heteroatoms. The molecule has 334 valence electrons. The Labute approximate surface area is 360 Å². The minimum atomic E-state index is -1.25. The molecule has 0 unspecified atom stereocenters. The fourth-order valence-corrected chi connectivity index (χ4v) is 6.93. The lowest BCUT2D eigenvalue weighted by Gasteiger charge is -2.30. The van der Waals surface area contributed by atoms with Gasteiger partial charge in [-0.1, -0.05) is 54.6 Å². The number of hydrogen-bond donors (Lipinski definition) is 9. The molecule has 0 spiro atoms. The Bertz CT molecular complexity index is 2020. The molecule has 6 atom stereocenters. The van der Waals surface area contributed by atoms with Crippen molar-refractivity contribution in [2.24, 2.45) is 5.73 Å². The normalized spacial score (nSPS) is 15.9. The summed E-state index contributed by atoms with van der Waals surface area (Å²) < 4.78 is 0. The number of hydrogen-bond acceptors (Lipinski definition) is 11. The minimum absolute atomic E-state index is 0.0138. The van der Waals surface area contributed by atoms with E-state index in [0.29, 0.717) is 23.1 Å². The summed E-state index contributed by atoms with van der Waals surface area (Å²) in [5, 5.41) is 42.4. The van der Waals surface area contributed by atoms with Crippen LogP contribution in [-0.4, -0.2) is 136 Å². The molecule has 0 saturated carbocycles. The first kappa shape index (κ1) is 48.1. The van der Waals surface area contributed by atoms with Crippen molar-refractivity contribution >= 4 is 41.4 Å². The maximum absolute atomic E-state index is 14.2. The molecule has 0 radical (unpaired) electrons. The summed E-state index contributed by atoms with van der Waals surface area (Å²) in [5.74, 6) is -4.44. The molecule has 0 bridgehead atoms. The van der Waals surface area contributed by atoms with Crippen molar-refractivity contribution in [3.63, 3.8) is 0 Å². The number of rotatable bonds is 20. The van der Waals surface area contributed by atoms with Crippen LogP contribution in [0.25, 0.3) is 0 Å². The number of nitrogens with zero attached hydrogens (tertiary/aromatic N) is 2. The van der Waals surface area contributed by atoms with Crippen LogP contribution in [0.3, 0.4) is 0 Å². The van der Waals surface area contributed by atoms with Gasteiger partial charge in [0.1, 0.15) is 41.7 Å². The van der Waals surface area contributed by atoms with Crippen LogP contribution in [0.4, 0.5) is 0 Å². The zero-order chi connectivity index (χ0) is 45.5. The largest absolute Gasteiger partial charge is 0.508 e. The first-order chi connectivity index (χ1) is 29.4. The highest BCUT2D eigenvalue weighted by molar-refractivity contribution is 5.96. The van der Waals surface area contributed by atoms with E-state index in [2.05, 4.69) is 26.6 Å². The van der Waals surface area contributed by atoms with E-state index in [0.717, 1.165) is 4.90 Å². The number of aliphatic hydroxyl groups excluding tert-OH is 1. The fourth-order valence-electron chi connectivity index (χ4n) is 6.93. The number of aliphatic hydroxyl groups is 1. The number of benzene rings is 3. The number of likely N-dealkylation sites (N-methyl/N-ethyl adjacent to an activating group) is 1. The number of phenols is 2. The van der Waals surface area contributed by atoms with E-state index in [1.54, 1.807) is 68.4 Å². The van der Waals surface area contributed by atoms with Crippen molar-refractivity contribution in [1.82, 2.24) is 36.4 Å². The lowest BCUT2D eigenvalue weighted by Crippen LogP contribution is -2.58. The second-order valence-electron chi connectivity index (χ2n) is 15.7. The molecule has 0 aliphatic carbocycles. The first-order valence-electron chi connectivity index (χ1n) is 20.5. The molecular formula is C44H58N8O10. The topological polar surface area (TPSA) is 273 Å². The van der Waals surface area contributed by atoms with Gasteiger partial charge in [-0.3, -0.25) is 33.6 Å². The number of aromatic hydroxyl groups is 2. The second-order valence-corrected chi connectivity index (χ2v) is 15.7. The Morgan fingerprint density at radius 1 is 0.694 bits per heavy atom. The van der Waals surface area contributed by atoms with Crippen LogP contribution in [0.15, 0.2) is 78.9 Å². The molecule has 1 fully saturated rings. The summed E-state index contributed by atoms with van der Waals surface area (Å²) in [6.45, 7) is 3.87. The molecule has 1 saturated heterocycles. The SMILES string of the molecule is CC(C)NC(=O)[C@H](CO)NC(=O)[C@@H]1CCCN1C(=O)[C@H](Cc1ccc(O)cc1)NC(=O)CN(C)C(=O)[C@H](Cc1ccccc1)NC(=O)[C@@H](C)NC(=O)[C@@H](N)Cc1ccc(O)cc1. The highest BCUT2D eigenvalue weighted by atomic mass is 16.3. The van der Waals surface area contributed by atoms with Gasteiger partial charge in [0.05, 0.1) is 19.2 Å². The number of carbonyl (C=O) groups is 7. The van der Waals surface area contributed by atoms with Gasteiger partial charge >= 0.3 is 0 Å². The number of carbonyl (C=O) groups excluding carboxylic acids is 7. The third-order valence-electron chi connectivity index (χ3n) is 10.2. The molecule has 10 N–H and O–H groups in total. The number of phenolic OH excluding ortho intramolecular Hbond substituents is 2. The van der Waals surface area contributed by atoms with Crippen molar-refractivity contribution in [1.29, 1.82) is 0 Å². The summed E-state index contributed by atoms with van der Waals surface area (Å²) in [5.41, 5.74) is 8.07. The third kappa shape index (κ3) is 14.3. The van der Waals surface area contributed by atoms with Crippen LogP contribution in [-0.2, 0) is 52.8 Å². The lowest BCUT2D eigenvalue weighted by atomic mass is 10.0. The molecule has 0 aromatic heterocycles. The van der Waals surface area contributed by atoms with Gasteiger partial charge in [-0.2, -0.15) is 0 Å². The van der Waals surface area contributed by atoms with Gasteiger partial charge in [-0.05, 0) is 81.0 Å². The molecule has 4 rings (SSSR count). The molecule has 3 aromatic rings. The summed E-state index contributed by atoms with van der Waals surface area (Å²) in [6.07, 6.45) is 0.850. The van der Waals surface area contributed by atoms with Gasteiger partial charge in [-0.25, -0.2) is 0 Å². The van der Waals surface area contributed by atoms with Crippen LogP contribution in [0.1, 0.15) is 50.3 Å². The summed E-state index contributed by atoms with van der Waals surface area (Å²) >= 11 is 0. The fraction of sp³-hybridized carbons (Fsp3) is 0.432. The van der Waals surface area contributed by atoms with Crippen LogP contribution in [0.2, 0.25) is 0 Å². The van der Waals surface area contributed by atoms with Crippen LogP contribution >= 0.6 is 0 Å². The summed E-state index contributed by atoms with van der Waals surface area (Å²) in [6, 6.07) is 14.0. The van der Waals surface area contributed by atoms with Crippen LogP contribution < -0.4 is 32.3 Å². The Hall–Kier alpha value is -6.53. The van der Waals surface area contributed by atoms with Crippen molar-refractivity contribution in [3.05, 3.63) is 95.6 Å². The second kappa shape index (κ2) is 22.9. The average molecular weight is 859 g/mol. The molecule has 62 heavy (non-hydrogen) atoms. The lowest BCUT2D eigenvalue weighted by molar-refractivity contribution is -0.143. The minimum Gasteiger partial charge on any atom is -0.508 e. The zero-order valence-corrected chi connectivity index (χ0v) is 35.4. The van der Waals surface area contributed by atoms with E-state index in [1.807, 2.05) is 0 Å². The number of nitrogens with one attached hydrogen (secondary N) is 5. The summed E-state index contributed by atoms with van der Waals surface area (Å²) in [4.78, 5) is 96.7. The molecule has 1 aliphatic rings. The maximum Gasteiger partial charge on any atom is 0.246 e. The zero-order valence-electron chi connectivity index (χ0n) is 35.4. The molecular weight excluding hydrogens is 801 g/mol. The number of amides is 7. The molecule has 18 nitrogen and oxygen atoms in total. The van der Waals surface area contributed by atoms with Crippen molar-refractivity contribution in [2.75, 3.05) is 26.7 Å². The number of likely N-dealkylation sites (tertiary alicyclic amines) is 1. The Balaban J connectivity index is 1.46. The Kier molecular flexibility index (Phi) is 17.8. The van der Waals surface area contributed by atoms with Crippen LogP contribution in [0.5, 0.6) is 11.5 Å². The molecule has 7 amide bonds. The quantitative estimate of drug-likeness (QED) is 0.0691. The standard InChI is InChI=1S/C44H58N8O10/c1-26(2)46-41(59)36(25-53)50-42(60)37-11-8-20-52(37)44(62)35(23-30-14-18-32(55)19-15-30)48-38(56)24-51(4)43(61)34(22-28-9-6-5-7-10-28)49-39(57)27(3)47-40(58)33(45)21-29-12-16-31(54)17-13-29/h5-7,9-10,12-19,26-27,33-37,53-55H,8,11,20-25,45H2,1-4H3,(H,46,59)(H,47,58)(H,48,56)(H,49,57)(H,50,60)/t27-,33+,34+,35+,36+,37+/m1/s1. The Morgan fingerprint density at radius 3 is 1.84 bits per heavy atom. The molecule has 1 aliphatic heterocycles. The van der Waals surface area contributed by atoms with E-state index >= 15 is 0 Å².